The molecule has 2 atom stereocenters. The maximum absolute atomic E-state index is 13.7. The number of carbonyl (C=O) groups is 1. The van der Waals surface area contributed by atoms with Gasteiger partial charge in [0.25, 0.3) is 5.91 Å². The molecule has 0 saturated carbocycles. The van der Waals surface area contributed by atoms with Gasteiger partial charge in [0.2, 0.25) is 10.0 Å². The van der Waals surface area contributed by atoms with Crippen molar-refractivity contribution in [3.8, 4) is 16.9 Å². The van der Waals surface area contributed by atoms with Crippen molar-refractivity contribution < 1.29 is 17.9 Å². The maximum atomic E-state index is 13.7. The van der Waals surface area contributed by atoms with Crippen LogP contribution in [0.2, 0.25) is 0 Å². The van der Waals surface area contributed by atoms with Gasteiger partial charge in [0, 0.05) is 50.7 Å². The van der Waals surface area contributed by atoms with Gasteiger partial charge >= 0.3 is 0 Å². The average molecular weight is 611 g/mol. The first kappa shape index (κ1) is 29.7. The van der Waals surface area contributed by atoms with Crippen molar-refractivity contribution in [1.29, 1.82) is 0 Å². The van der Waals surface area contributed by atoms with Crippen LogP contribution in [0.5, 0.6) is 0 Å². The van der Waals surface area contributed by atoms with Crippen LogP contribution in [0.25, 0.3) is 23.0 Å². The Morgan fingerprint density at radius 3 is 2.54 bits per heavy atom. The van der Waals surface area contributed by atoms with E-state index in [0.29, 0.717) is 70.5 Å². The molecule has 0 bridgehead atoms. The van der Waals surface area contributed by atoms with Crippen molar-refractivity contribution in [2.75, 3.05) is 33.4 Å². The number of hydrogen-bond acceptors (Lipinski definition) is 7. The lowest BCUT2D eigenvalue weighted by atomic mass is 9.94. The number of hydrogen-bond donors (Lipinski definition) is 0. The number of amides is 1. The zero-order valence-corrected chi connectivity index (χ0v) is 25.8. The largest absolute Gasteiger partial charge is 0.385 e. The number of rotatable bonds is 9. The summed E-state index contributed by atoms with van der Waals surface area (Å²) in [6.45, 7) is 6.24. The van der Waals surface area contributed by atoms with Crippen molar-refractivity contribution in [1.82, 2.24) is 19.0 Å². The molecule has 8 nitrogen and oxygen atoms in total. The molecule has 2 aliphatic heterocycles. The van der Waals surface area contributed by atoms with Crippen molar-refractivity contribution in [3.05, 3.63) is 71.3 Å². The van der Waals surface area contributed by atoms with Crippen LogP contribution in [-0.4, -0.2) is 71.0 Å². The van der Waals surface area contributed by atoms with Crippen LogP contribution in [-0.2, 0) is 19.6 Å². The van der Waals surface area contributed by atoms with E-state index in [0.717, 1.165) is 12.1 Å². The lowest BCUT2D eigenvalue weighted by Gasteiger charge is -2.34. The number of methoxy groups -OCH3 is 1. The molecule has 0 N–H and O–H groups in total. The van der Waals surface area contributed by atoms with Gasteiger partial charge < -0.3 is 4.74 Å². The number of thioether (sulfide) groups is 1. The lowest BCUT2D eigenvalue weighted by molar-refractivity contribution is -0.122. The summed E-state index contributed by atoms with van der Waals surface area (Å²) in [5.41, 5.74) is 2.78. The highest BCUT2D eigenvalue weighted by atomic mass is 32.2. The highest BCUT2D eigenvalue weighted by Crippen LogP contribution is 2.36. The number of carbonyl (C=O) groups excluding carboxylic acids is 1. The molecule has 41 heavy (non-hydrogen) atoms. The van der Waals surface area contributed by atoms with Gasteiger partial charge in [0.1, 0.15) is 10.0 Å². The Morgan fingerprint density at radius 2 is 1.83 bits per heavy atom. The Kier molecular flexibility index (Phi) is 9.10. The molecule has 0 aliphatic carbocycles. The molecule has 1 amide bonds. The summed E-state index contributed by atoms with van der Waals surface area (Å²) < 4.78 is 36.4. The Balaban J connectivity index is 1.53. The SMILES string of the molecule is COCCCN1C(=O)C(=Cc2cn(-c3ccccc3)nc2-c2cccc(S(=O)(=O)N3CC(C)CC(C)C3)c2)SC1=S. The van der Waals surface area contributed by atoms with Gasteiger partial charge in [-0.15, -0.1) is 0 Å². The first-order valence-corrected chi connectivity index (χ1v) is 16.3. The van der Waals surface area contributed by atoms with Crippen molar-refractivity contribution in [2.24, 2.45) is 11.8 Å². The number of piperidine rings is 1. The molecule has 3 aromatic rings. The van der Waals surface area contributed by atoms with Gasteiger partial charge in [-0.05, 0) is 55.0 Å². The zero-order chi connectivity index (χ0) is 29.1. The van der Waals surface area contributed by atoms with Crippen LogP contribution < -0.4 is 0 Å². The fourth-order valence-electron chi connectivity index (χ4n) is 5.39. The normalized spacial score (nSPS) is 21.2. The number of aromatic nitrogens is 2. The average Bonchev–Trinajstić information content (AvgIpc) is 3.49. The van der Waals surface area contributed by atoms with E-state index in [1.54, 1.807) is 45.3 Å². The number of ether oxygens (including phenoxy) is 1. The minimum Gasteiger partial charge on any atom is -0.385 e. The molecule has 2 fully saturated rings. The summed E-state index contributed by atoms with van der Waals surface area (Å²) in [4.78, 5) is 15.6. The Hall–Kier alpha value is -2.83. The third-order valence-corrected chi connectivity index (χ3v) is 10.4. The van der Waals surface area contributed by atoms with Crippen molar-refractivity contribution in [3.63, 3.8) is 0 Å². The summed E-state index contributed by atoms with van der Waals surface area (Å²) in [6, 6.07) is 16.6. The first-order valence-electron chi connectivity index (χ1n) is 13.7. The summed E-state index contributed by atoms with van der Waals surface area (Å²) in [5, 5.41) is 4.86. The third kappa shape index (κ3) is 6.49. The van der Waals surface area contributed by atoms with Gasteiger partial charge in [-0.25, -0.2) is 13.1 Å². The molecule has 2 aromatic carbocycles. The molecule has 0 spiro atoms. The minimum atomic E-state index is -3.68. The van der Waals surface area contributed by atoms with E-state index in [9.17, 15) is 13.2 Å². The van der Waals surface area contributed by atoms with Gasteiger partial charge in [0.05, 0.1) is 15.5 Å². The lowest BCUT2D eigenvalue weighted by Crippen LogP contribution is -2.42. The number of sulfonamides is 1. The quantitative estimate of drug-likeness (QED) is 0.181. The molecule has 2 saturated heterocycles. The zero-order valence-electron chi connectivity index (χ0n) is 23.4. The van der Waals surface area contributed by atoms with Crippen LogP contribution in [0.1, 0.15) is 32.3 Å². The number of benzene rings is 2. The minimum absolute atomic E-state index is 0.154. The van der Waals surface area contributed by atoms with Crippen LogP contribution in [0.3, 0.4) is 0 Å². The van der Waals surface area contributed by atoms with E-state index in [1.165, 1.54) is 11.8 Å². The topological polar surface area (TPSA) is 84.7 Å². The summed E-state index contributed by atoms with van der Waals surface area (Å²) in [6.07, 6.45) is 5.36. The molecule has 0 radical (unpaired) electrons. The maximum Gasteiger partial charge on any atom is 0.266 e. The second kappa shape index (κ2) is 12.6. The molecule has 216 valence electrons. The van der Waals surface area contributed by atoms with Gasteiger partial charge in [0.15, 0.2) is 0 Å². The molecule has 1 aromatic heterocycles. The number of para-hydroxylation sites is 1. The monoisotopic (exact) mass is 610 g/mol. The van der Waals surface area contributed by atoms with Gasteiger partial charge in [-0.3, -0.25) is 9.69 Å². The predicted octanol–water partition coefficient (Wildman–Crippen LogP) is 5.44. The summed E-state index contributed by atoms with van der Waals surface area (Å²) in [7, 11) is -2.05. The fourth-order valence-corrected chi connectivity index (χ4v) is 8.41. The molecular formula is C30H34N4O4S3. The van der Waals surface area contributed by atoms with E-state index in [1.807, 2.05) is 42.6 Å². The van der Waals surface area contributed by atoms with E-state index in [4.69, 9.17) is 22.1 Å². The Bertz CT molecular complexity index is 1560. The van der Waals surface area contributed by atoms with Gasteiger partial charge in [-0.2, -0.15) is 9.40 Å². The van der Waals surface area contributed by atoms with Crippen molar-refractivity contribution in [2.45, 2.75) is 31.6 Å². The van der Waals surface area contributed by atoms with Gasteiger partial charge in [-0.1, -0.05) is 68.2 Å². The number of thiocarbonyl (C=S) groups is 1. The second-order valence-corrected chi connectivity index (χ2v) is 14.3. The van der Waals surface area contributed by atoms with E-state index in [2.05, 4.69) is 13.8 Å². The smallest absolute Gasteiger partial charge is 0.266 e. The third-order valence-electron chi connectivity index (χ3n) is 7.23. The highest BCUT2D eigenvalue weighted by Gasteiger charge is 2.33. The molecular weight excluding hydrogens is 577 g/mol. The highest BCUT2D eigenvalue weighted by molar-refractivity contribution is 8.26. The van der Waals surface area contributed by atoms with E-state index >= 15 is 0 Å². The van der Waals surface area contributed by atoms with Crippen LogP contribution in [0.4, 0.5) is 0 Å². The first-order chi connectivity index (χ1) is 19.7. The number of nitrogens with zero attached hydrogens (tertiary/aromatic N) is 4. The molecule has 3 heterocycles. The summed E-state index contributed by atoms with van der Waals surface area (Å²) in [5.74, 6) is 0.454. The molecule has 2 unspecified atom stereocenters. The standard InChI is InChI=1S/C30H34N4O4S3/c1-21-15-22(2)19-32(18-21)41(36,37)26-12-7-9-23(16-26)28-24(20-34(31-28)25-10-5-4-6-11-25)17-27-29(35)33(30(39)40-27)13-8-14-38-3/h4-7,9-12,16-17,20-22H,8,13-15,18-19H2,1-3H3. The second-order valence-electron chi connectivity index (χ2n) is 10.7. The van der Waals surface area contributed by atoms with Crippen molar-refractivity contribution >= 4 is 50.3 Å². The molecule has 2 aliphatic rings. The van der Waals surface area contributed by atoms with Crippen LogP contribution >= 0.6 is 24.0 Å². The summed E-state index contributed by atoms with van der Waals surface area (Å²) >= 11 is 6.76. The Morgan fingerprint density at radius 1 is 1.10 bits per heavy atom. The van der Waals surface area contributed by atoms with E-state index < -0.39 is 10.0 Å². The van der Waals surface area contributed by atoms with Crippen LogP contribution in [0.15, 0.2) is 70.6 Å². The molecule has 11 heteroatoms. The van der Waals surface area contributed by atoms with E-state index in [-0.39, 0.29) is 10.8 Å². The fraction of sp³-hybridized carbons (Fsp3) is 0.367. The van der Waals surface area contributed by atoms with Crippen LogP contribution in [0, 0.1) is 11.8 Å². The Labute approximate surface area is 251 Å². The predicted molar refractivity (Wildman–Crippen MR) is 167 cm³/mol. The molecule has 5 rings (SSSR count).